The molecule has 0 aromatic heterocycles. The summed E-state index contributed by atoms with van der Waals surface area (Å²) in [6.07, 6.45) is -0.0493. The molecule has 2 N–H and O–H groups in total. The number of rotatable bonds is 4. The van der Waals surface area contributed by atoms with E-state index in [2.05, 4.69) is 34.7 Å². The van der Waals surface area contributed by atoms with Crippen LogP contribution in [-0.4, -0.2) is 11.7 Å². The molecular weight excluding hydrogens is 317 g/mol. The second kappa shape index (κ2) is 5.52. The number of benzene rings is 1. The summed E-state index contributed by atoms with van der Waals surface area (Å²) in [4.78, 5) is 10.8. The van der Waals surface area contributed by atoms with E-state index in [9.17, 15) is 4.79 Å². The molecule has 0 radical (unpaired) electrons. The van der Waals surface area contributed by atoms with Crippen LogP contribution >= 0.6 is 22.6 Å². The fourth-order valence-corrected chi connectivity index (χ4v) is 2.37. The van der Waals surface area contributed by atoms with E-state index in [1.807, 2.05) is 26.0 Å². The minimum Gasteiger partial charge on any atom is -0.443 e. The summed E-state index contributed by atoms with van der Waals surface area (Å²) in [5.41, 5.74) is 6.94. The Balaban J connectivity index is 2.82. The maximum absolute atomic E-state index is 10.8. The third kappa shape index (κ3) is 4.00. The van der Waals surface area contributed by atoms with Crippen molar-refractivity contribution in [2.24, 2.45) is 5.73 Å². The average Bonchev–Trinajstić information content (AvgIpc) is 2.15. The van der Waals surface area contributed by atoms with Gasteiger partial charge < -0.3 is 10.5 Å². The molecular formula is C12H16INO2. The number of hydrogen-bond acceptors (Lipinski definition) is 2. The first-order valence-electron chi connectivity index (χ1n) is 5.06. The van der Waals surface area contributed by atoms with Crippen molar-refractivity contribution in [1.82, 2.24) is 0 Å². The molecule has 0 spiro atoms. The topological polar surface area (TPSA) is 52.3 Å². The Morgan fingerprint density at radius 2 is 1.94 bits per heavy atom. The highest BCUT2D eigenvalue weighted by molar-refractivity contribution is 14.1. The van der Waals surface area contributed by atoms with Crippen molar-refractivity contribution in [2.45, 2.75) is 30.3 Å². The largest absolute Gasteiger partial charge is 0.443 e. The quantitative estimate of drug-likeness (QED) is 0.680. The fraction of sp³-hybridized carbons (Fsp3) is 0.417. The van der Waals surface area contributed by atoms with E-state index in [1.165, 1.54) is 11.1 Å². The Morgan fingerprint density at radius 1 is 1.38 bits per heavy atom. The zero-order valence-corrected chi connectivity index (χ0v) is 11.7. The van der Waals surface area contributed by atoms with Gasteiger partial charge >= 0.3 is 6.09 Å². The molecule has 0 aliphatic rings. The first kappa shape index (κ1) is 13.3. The molecule has 1 rings (SSSR count). The van der Waals surface area contributed by atoms with E-state index in [1.54, 1.807) is 0 Å². The number of alkyl halides is 1. The second-order valence-corrected chi connectivity index (χ2v) is 5.02. The minimum absolute atomic E-state index is 0.562. The van der Waals surface area contributed by atoms with Crippen LogP contribution in [0.1, 0.15) is 25.0 Å². The Labute approximate surface area is 109 Å². The van der Waals surface area contributed by atoms with Crippen LogP contribution in [0.4, 0.5) is 4.79 Å². The highest BCUT2D eigenvalue weighted by atomic mass is 127. The van der Waals surface area contributed by atoms with Gasteiger partial charge in [0.25, 0.3) is 0 Å². The third-order valence-electron chi connectivity index (χ3n) is 2.26. The van der Waals surface area contributed by atoms with Crippen molar-refractivity contribution >= 4 is 28.7 Å². The summed E-state index contributed by atoms with van der Waals surface area (Å²) in [5.74, 6) is 0. The SMILES string of the molecule is CC(C)(Cc1ccccc1CI)OC(N)=O. The lowest BCUT2D eigenvalue weighted by Gasteiger charge is -2.25. The maximum Gasteiger partial charge on any atom is 0.405 e. The molecule has 88 valence electrons. The Kier molecular flexibility index (Phi) is 4.58. The van der Waals surface area contributed by atoms with E-state index in [4.69, 9.17) is 10.5 Å². The lowest BCUT2D eigenvalue weighted by atomic mass is 9.95. The number of ether oxygens (including phenoxy) is 1. The molecule has 0 bridgehead atoms. The second-order valence-electron chi connectivity index (χ2n) is 4.26. The van der Waals surface area contributed by atoms with Crippen LogP contribution in [0.2, 0.25) is 0 Å². The standard InChI is InChI=1S/C12H16INO2/c1-12(2,16-11(14)15)7-9-5-3-4-6-10(9)8-13/h3-6H,7-8H2,1-2H3,(H2,14,15). The van der Waals surface area contributed by atoms with E-state index >= 15 is 0 Å². The van der Waals surface area contributed by atoms with Gasteiger partial charge in [-0.05, 0) is 25.0 Å². The zero-order valence-electron chi connectivity index (χ0n) is 9.50. The smallest absolute Gasteiger partial charge is 0.405 e. The summed E-state index contributed by atoms with van der Waals surface area (Å²) < 4.78 is 6.02. The molecule has 4 heteroatoms. The highest BCUT2D eigenvalue weighted by Gasteiger charge is 2.23. The van der Waals surface area contributed by atoms with Crippen LogP contribution in [0.15, 0.2) is 24.3 Å². The van der Waals surface area contributed by atoms with Crippen molar-refractivity contribution in [3.8, 4) is 0 Å². The van der Waals surface area contributed by atoms with Gasteiger partial charge in [-0.2, -0.15) is 0 Å². The van der Waals surface area contributed by atoms with Crippen molar-refractivity contribution in [3.63, 3.8) is 0 Å². The number of carbonyl (C=O) groups is 1. The third-order valence-corrected chi connectivity index (χ3v) is 3.08. The molecule has 0 aliphatic heterocycles. The van der Waals surface area contributed by atoms with Gasteiger partial charge in [0.05, 0.1) is 0 Å². The summed E-state index contributed by atoms with van der Waals surface area (Å²) in [6.45, 7) is 3.73. The Hall–Kier alpha value is -0.780. The predicted octanol–water partition coefficient (Wildman–Crippen LogP) is 3.04. The van der Waals surface area contributed by atoms with E-state index in [0.717, 1.165) is 4.43 Å². The Morgan fingerprint density at radius 3 is 2.44 bits per heavy atom. The molecule has 0 atom stereocenters. The number of amides is 1. The van der Waals surface area contributed by atoms with Gasteiger partial charge in [-0.15, -0.1) is 0 Å². The van der Waals surface area contributed by atoms with Crippen molar-refractivity contribution in [2.75, 3.05) is 0 Å². The number of hydrogen-bond donors (Lipinski definition) is 1. The molecule has 0 heterocycles. The van der Waals surface area contributed by atoms with E-state index < -0.39 is 11.7 Å². The van der Waals surface area contributed by atoms with E-state index in [0.29, 0.717) is 6.42 Å². The number of carbonyl (C=O) groups excluding carboxylic acids is 1. The van der Waals surface area contributed by atoms with Crippen LogP contribution < -0.4 is 5.73 Å². The monoisotopic (exact) mass is 333 g/mol. The predicted molar refractivity (Wildman–Crippen MR) is 72.6 cm³/mol. The van der Waals surface area contributed by atoms with Crippen LogP contribution in [0, 0.1) is 0 Å². The first-order valence-corrected chi connectivity index (χ1v) is 6.58. The molecule has 0 saturated heterocycles. The normalized spacial score (nSPS) is 11.2. The van der Waals surface area contributed by atoms with Gasteiger partial charge in [0.15, 0.2) is 0 Å². The van der Waals surface area contributed by atoms with E-state index in [-0.39, 0.29) is 0 Å². The maximum atomic E-state index is 10.8. The van der Waals surface area contributed by atoms with Crippen molar-refractivity contribution in [1.29, 1.82) is 0 Å². The molecule has 1 aromatic carbocycles. The highest BCUT2D eigenvalue weighted by Crippen LogP contribution is 2.21. The van der Waals surface area contributed by atoms with Crippen molar-refractivity contribution < 1.29 is 9.53 Å². The lowest BCUT2D eigenvalue weighted by Crippen LogP contribution is -2.33. The summed E-state index contributed by atoms with van der Waals surface area (Å²) in [6, 6.07) is 8.15. The summed E-state index contributed by atoms with van der Waals surface area (Å²) in [7, 11) is 0. The molecule has 0 saturated carbocycles. The molecule has 0 unspecified atom stereocenters. The lowest BCUT2D eigenvalue weighted by molar-refractivity contribution is 0.0459. The van der Waals surface area contributed by atoms with Crippen LogP contribution in [0.5, 0.6) is 0 Å². The van der Waals surface area contributed by atoms with Crippen LogP contribution in [0.25, 0.3) is 0 Å². The molecule has 1 aromatic rings. The van der Waals surface area contributed by atoms with Gasteiger partial charge in [0, 0.05) is 10.8 Å². The summed E-state index contributed by atoms with van der Waals surface area (Å²) in [5, 5.41) is 0. The van der Waals surface area contributed by atoms with Crippen molar-refractivity contribution in [3.05, 3.63) is 35.4 Å². The number of nitrogens with two attached hydrogens (primary N) is 1. The van der Waals surface area contributed by atoms with Crippen LogP contribution in [0.3, 0.4) is 0 Å². The van der Waals surface area contributed by atoms with Gasteiger partial charge in [0.2, 0.25) is 0 Å². The minimum atomic E-state index is -0.725. The number of primary amides is 1. The van der Waals surface area contributed by atoms with Gasteiger partial charge in [-0.3, -0.25) is 0 Å². The molecule has 0 aliphatic carbocycles. The number of halogens is 1. The molecule has 3 nitrogen and oxygen atoms in total. The first-order chi connectivity index (χ1) is 7.44. The van der Waals surface area contributed by atoms with Gasteiger partial charge in [-0.25, -0.2) is 4.79 Å². The average molecular weight is 333 g/mol. The van der Waals surface area contributed by atoms with Gasteiger partial charge in [0.1, 0.15) is 5.60 Å². The molecule has 16 heavy (non-hydrogen) atoms. The zero-order chi connectivity index (χ0) is 12.2. The van der Waals surface area contributed by atoms with Gasteiger partial charge in [-0.1, -0.05) is 46.9 Å². The fourth-order valence-electron chi connectivity index (χ4n) is 1.63. The molecule has 0 fully saturated rings. The summed E-state index contributed by atoms with van der Waals surface area (Å²) >= 11 is 2.32. The van der Waals surface area contributed by atoms with Crippen LogP contribution in [-0.2, 0) is 15.6 Å². The Bertz CT molecular complexity index is 377. The molecule has 1 amide bonds.